The lowest BCUT2D eigenvalue weighted by Crippen LogP contribution is -2.14. The molecule has 1 fully saturated rings. The highest BCUT2D eigenvalue weighted by molar-refractivity contribution is 6.31. The molecule has 4 rings (SSSR count). The third kappa shape index (κ3) is 3.38. The van der Waals surface area contributed by atoms with Crippen LogP contribution in [0.4, 0.5) is 20.2 Å². The van der Waals surface area contributed by atoms with Crippen LogP contribution in [0.3, 0.4) is 0 Å². The summed E-state index contributed by atoms with van der Waals surface area (Å²) in [5, 5.41) is 17.6. The van der Waals surface area contributed by atoms with Crippen LogP contribution in [-0.4, -0.2) is 25.4 Å². The van der Waals surface area contributed by atoms with Gasteiger partial charge in [-0.1, -0.05) is 11.6 Å². The summed E-state index contributed by atoms with van der Waals surface area (Å²) in [6.07, 6.45) is -1.03. The van der Waals surface area contributed by atoms with E-state index in [0.29, 0.717) is 5.69 Å². The minimum Gasteiger partial charge on any atom is -0.315 e. The molecule has 0 radical (unpaired) electrons. The Morgan fingerprint density at radius 1 is 1.32 bits per heavy atom. The third-order valence-electron chi connectivity index (χ3n) is 4.33. The molecule has 0 aliphatic heterocycles. The first-order valence-corrected chi connectivity index (χ1v) is 8.65. The van der Waals surface area contributed by atoms with Crippen molar-refractivity contribution in [3.05, 3.63) is 62.6 Å². The molecule has 0 atom stereocenters. The first-order valence-electron chi connectivity index (χ1n) is 8.27. The number of aromatic nitrogens is 3. The van der Waals surface area contributed by atoms with Crippen LogP contribution in [0.15, 0.2) is 30.3 Å². The highest BCUT2D eigenvalue weighted by atomic mass is 35.5. The number of benzene rings is 1. The molecule has 8 nitrogen and oxygen atoms in total. The van der Waals surface area contributed by atoms with Gasteiger partial charge in [0.25, 0.3) is 18.0 Å². The summed E-state index contributed by atoms with van der Waals surface area (Å²) in [7, 11) is 0. The van der Waals surface area contributed by atoms with Crippen molar-refractivity contribution in [1.82, 2.24) is 14.6 Å². The van der Waals surface area contributed by atoms with Crippen molar-refractivity contribution in [3.63, 3.8) is 0 Å². The first kappa shape index (κ1) is 18.2. The summed E-state index contributed by atoms with van der Waals surface area (Å²) in [4.78, 5) is 27.3. The summed E-state index contributed by atoms with van der Waals surface area (Å²) >= 11 is 5.75. The monoisotopic (exact) mass is 407 g/mol. The van der Waals surface area contributed by atoms with Gasteiger partial charge in [0, 0.05) is 28.8 Å². The molecule has 2 heterocycles. The van der Waals surface area contributed by atoms with Gasteiger partial charge in [0.05, 0.1) is 4.92 Å². The number of alkyl halides is 2. The fourth-order valence-electron chi connectivity index (χ4n) is 2.82. The molecule has 1 aliphatic carbocycles. The third-order valence-corrected chi connectivity index (χ3v) is 4.57. The second kappa shape index (κ2) is 6.79. The molecule has 1 amide bonds. The van der Waals surface area contributed by atoms with Gasteiger partial charge in [-0.2, -0.15) is 5.10 Å². The zero-order chi connectivity index (χ0) is 20.0. The fourth-order valence-corrected chi connectivity index (χ4v) is 2.99. The quantitative estimate of drug-likeness (QED) is 0.500. The Hall–Kier alpha value is -3.14. The van der Waals surface area contributed by atoms with E-state index in [9.17, 15) is 23.7 Å². The molecule has 0 bridgehead atoms. The van der Waals surface area contributed by atoms with Crippen molar-refractivity contribution >= 4 is 34.5 Å². The van der Waals surface area contributed by atoms with Gasteiger partial charge in [0.1, 0.15) is 11.4 Å². The van der Waals surface area contributed by atoms with Gasteiger partial charge in [0.15, 0.2) is 11.3 Å². The molecule has 1 aromatic carbocycles. The largest absolute Gasteiger partial charge is 0.315 e. The van der Waals surface area contributed by atoms with Crippen LogP contribution >= 0.6 is 11.6 Å². The minimum absolute atomic E-state index is 0.0860. The Kier molecular flexibility index (Phi) is 4.42. The van der Waals surface area contributed by atoms with Crippen LogP contribution in [-0.2, 0) is 0 Å². The van der Waals surface area contributed by atoms with Gasteiger partial charge >= 0.3 is 0 Å². The predicted molar refractivity (Wildman–Crippen MR) is 96.0 cm³/mol. The van der Waals surface area contributed by atoms with Crippen LogP contribution in [0.25, 0.3) is 5.65 Å². The van der Waals surface area contributed by atoms with E-state index in [0.717, 1.165) is 23.4 Å². The van der Waals surface area contributed by atoms with E-state index in [1.165, 1.54) is 24.3 Å². The molecule has 1 aliphatic rings. The zero-order valence-electron chi connectivity index (χ0n) is 14.1. The number of hydrogen-bond donors (Lipinski definition) is 1. The molecule has 28 heavy (non-hydrogen) atoms. The maximum absolute atomic E-state index is 13.4. The van der Waals surface area contributed by atoms with Gasteiger partial charge in [-0.3, -0.25) is 14.9 Å². The molecule has 0 saturated heterocycles. The molecule has 0 unspecified atom stereocenters. The van der Waals surface area contributed by atoms with Crippen LogP contribution in [0.5, 0.6) is 0 Å². The van der Waals surface area contributed by atoms with E-state index in [1.807, 2.05) is 0 Å². The Morgan fingerprint density at radius 2 is 2.07 bits per heavy atom. The molecule has 1 saturated carbocycles. The van der Waals surface area contributed by atoms with Crippen molar-refractivity contribution in [2.45, 2.75) is 25.2 Å². The lowest BCUT2D eigenvalue weighted by molar-refractivity contribution is -0.383. The molecule has 1 N–H and O–H groups in total. The summed E-state index contributed by atoms with van der Waals surface area (Å²) < 4.78 is 27.8. The zero-order valence-corrected chi connectivity index (χ0v) is 14.9. The van der Waals surface area contributed by atoms with Crippen LogP contribution in [0.1, 0.15) is 47.1 Å². The first-order chi connectivity index (χ1) is 13.3. The van der Waals surface area contributed by atoms with Crippen LogP contribution in [0, 0.1) is 10.1 Å². The molecule has 144 valence electrons. The second-order valence-corrected chi connectivity index (χ2v) is 6.79. The Labute approximate surface area is 161 Å². The van der Waals surface area contributed by atoms with Gasteiger partial charge in [-0.15, -0.1) is 0 Å². The van der Waals surface area contributed by atoms with E-state index >= 15 is 0 Å². The minimum atomic E-state index is -2.80. The van der Waals surface area contributed by atoms with Gasteiger partial charge < -0.3 is 5.32 Å². The fraction of sp³-hybridized carbons (Fsp3) is 0.235. The van der Waals surface area contributed by atoms with Gasteiger partial charge in [0.2, 0.25) is 0 Å². The summed E-state index contributed by atoms with van der Waals surface area (Å²) in [5.41, 5.74) is -0.363. The van der Waals surface area contributed by atoms with Crippen molar-refractivity contribution in [2.24, 2.45) is 0 Å². The highest BCUT2D eigenvalue weighted by Crippen LogP contribution is 2.40. The summed E-state index contributed by atoms with van der Waals surface area (Å²) in [5.74, 6) is -0.643. The number of fused-ring (bicyclic) bond motifs is 1. The van der Waals surface area contributed by atoms with E-state index in [4.69, 9.17) is 11.6 Å². The summed E-state index contributed by atoms with van der Waals surface area (Å²) in [6.45, 7) is 0. The van der Waals surface area contributed by atoms with Gasteiger partial charge in [-0.05, 0) is 31.0 Å². The number of rotatable bonds is 5. The van der Waals surface area contributed by atoms with Gasteiger partial charge in [-0.25, -0.2) is 18.3 Å². The average Bonchev–Trinajstić information content (AvgIpc) is 3.40. The maximum atomic E-state index is 13.4. The number of hydrogen-bond acceptors (Lipinski definition) is 5. The SMILES string of the molecule is O=C(Nc1ccc(Cl)cc1[N+](=O)[O-])c1cc2nc(C3CC3)cc(C(F)F)n2n1. The number of halogens is 3. The number of nitrogens with one attached hydrogen (secondary N) is 1. The summed E-state index contributed by atoms with van der Waals surface area (Å²) in [6, 6.07) is 6.33. The van der Waals surface area contributed by atoms with Crippen LogP contribution < -0.4 is 5.32 Å². The number of amides is 1. The Balaban J connectivity index is 1.70. The second-order valence-electron chi connectivity index (χ2n) is 6.35. The lowest BCUT2D eigenvalue weighted by Gasteiger charge is -2.06. The standard InChI is InChI=1S/C17H12ClF2N5O3/c18-9-3-4-10(13(5-9)25(27)28)22-17(26)12-7-15-21-11(8-1-2-8)6-14(16(19)20)24(15)23-12/h3-8,16H,1-2H2,(H,22,26). The van der Waals surface area contributed by atoms with Crippen molar-refractivity contribution in [2.75, 3.05) is 5.32 Å². The Bertz CT molecular complexity index is 1110. The normalized spacial score (nSPS) is 13.9. The van der Waals surface area contributed by atoms with E-state index in [2.05, 4.69) is 15.4 Å². The number of nitro groups is 1. The number of anilines is 1. The van der Waals surface area contributed by atoms with Crippen molar-refractivity contribution in [1.29, 1.82) is 0 Å². The van der Waals surface area contributed by atoms with Crippen molar-refractivity contribution < 1.29 is 18.5 Å². The topological polar surface area (TPSA) is 102 Å². The average molecular weight is 408 g/mol. The van der Waals surface area contributed by atoms with E-state index in [-0.39, 0.29) is 33.7 Å². The molecular formula is C17H12ClF2N5O3. The number of nitrogens with zero attached hydrogens (tertiary/aromatic N) is 4. The predicted octanol–water partition coefficient (Wildman–Crippen LogP) is 4.36. The molecule has 0 spiro atoms. The van der Waals surface area contributed by atoms with E-state index < -0.39 is 22.9 Å². The van der Waals surface area contributed by atoms with Crippen LogP contribution in [0.2, 0.25) is 5.02 Å². The number of nitro benzene ring substituents is 1. The molecule has 2 aromatic heterocycles. The Morgan fingerprint density at radius 3 is 2.71 bits per heavy atom. The maximum Gasteiger partial charge on any atom is 0.294 e. The molecule has 11 heteroatoms. The lowest BCUT2D eigenvalue weighted by atomic mass is 10.2. The number of carbonyl (C=O) groups is 1. The molecule has 3 aromatic rings. The number of carbonyl (C=O) groups excluding carboxylic acids is 1. The van der Waals surface area contributed by atoms with E-state index in [1.54, 1.807) is 0 Å². The molecular weight excluding hydrogens is 396 g/mol. The highest BCUT2D eigenvalue weighted by Gasteiger charge is 2.28. The smallest absolute Gasteiger partial charge is 0.294 e. The van der Waals surface area contributed by atoms with Crippen molar-refractivity contribution in [3.8, 4) is 0 Å².